The standard InChI is InChI=1S/C14H7N3O2/c18-14-8-4-2-5-9-11(8)13(16-15-9)7-3-1-6-10(17-19)12(7)14/h1-6H,(H,15,16). The van der Waals surface area contributed by atoms with Crippen molar-refractivity contribution >= 4 is 22.4 Å². The highest BCUT2D eigenvalue weighted by Crippen LogP contribution is 2.41. The molecule has 0 atom stereocenters. The fraction of sp³-hybridized carbons (Fsp3) is 0. The van der Waals surface area contributed by atoms with Crippen LogP contribution in [-0.4, -0.2) is 16.0 Å². The van der Waals surface area contributed by atoms with Gasteiger partial charge in [-0.25, -0.2) is 0 Å². The number of carbonyl (C=O) groups is 1. The molecule has 5 heteroatoms. The average molecular weight is 249 g/mol. The van der Waals surface area contributed by atoms with E-state index < -0.39 is 0 Å². The maximum absolute atomic E-state index is 12.5. The van der Waals surface area contributed by atoms with Gasteiger partial charge in [-0.1, -0.05) is 24.3 Å². The molecule has 90 valence electrons. The number of nitroso groups, excluding NO2 is 1. The van der Waals surface area contributed by atoms with Crippen molar-refractivity contribution in [2.45, 2.75) is 0 Å². The van der Waals surface area contributed by atoms with E-state index in [0.717, 1.165) is 10.9 Å². The summed E-state index contributed by atoms with van der Waals surface area (Å²) in [4.78, 5) is 23.4. The van der Waals surface area contributed by atoms with Crippen LogP contribution in [0.4, 0.5) is 5.69 Å². The molecule has 0 fully saturated rings. The van der Waals surface area contributed by atoms with E-state index in [1.54, 1.807) is 30.3 Å². The first-order chi connectivity index (χ1) is 9.31. The second-order valence-corrected chi connectivity index (χ2v) is 4.42. The molecule has 1 aliphatic rings. The summed E-state index contributed by atoms with van der Waals surface area (Å²) < 4.78 is 0. The number of nitrogens with one attached hydrogen (secondary N) is 1. The minimum atomic E-state index is -0.176. The molecule has 0 spiro atoms. The van der Waals surface area contributed by atoms with Gasteiger partial charge in [-0.15, -0.1) is 4.91 Å². The molecule has 0 amide bonds. The molecule has 0 radical (unpaired) electrons. The number of hydrogen-bond donors (Lipinski definition) is 1. The molecule has 4 rings (SSSR count). The minimum absolute atomic E-state index is 0.160. The number of hydrogen-bond acceptors (Lipinski definition) is 4. The van der Waals surface area contributed by atoms with Gasteiger partial charge in [0, 0.05) is 16.5 Å². The van der Waals surface area contributed by atoms with Gasteiger partial charge in [0.15, 0.2) is 5.78 Å². The van der Waals surface area contributed by atoms with E-state index in [-0.39, 0.29) is 11.5 Å². The Balaban J connectivity index is 2.24. The SMILES string of the molecule is O=Nc1cccc2c1C(=O)c1cccc3[nH]nc-2c13. The Morgan fingerprint density at radius 3 is 2.68 bits per heavy atom. The second kappa shape index (κ2) is 3.35. The smallest absolute Gasteiger partial charge is 0.196 e. The van der Waals surface area contributed by atoms with Crippen molar-refractivity contribution < 1.29 is 4.79 Å². The van der Waals surface area contributed by atoms with Gasteiger partial charge in [0.05, 0.1) is 11.1 Å². The number of aromatic nitrogens is 2. The Bertz CT molecular complexity index is 864. The lowest BCUT2D eigenvalue weighted by Crippen LogP contribution is -2.09. The Hall–Kier alpha value is -2.82. The third kappa shape index (κ3) is 1.14. The first kappa shape index (κ1) is 10.1. The molecule has 1 aliphatic carbocycles. The van der Waals surface area contributed by atoms with E-state index in [1.165, 1.54) is 0 Å². The summed E-state index contributed by atoms with van der Waals surface area (Å²) in [5, 5.41) is 10.9. The van der Waals surface area contributed by atoms with Crippen molar-refractivity contribution in [3.63, 3.8) is 0 Å². The highest BCUT2D eigenvalue weighted by atomic mass is 16.3. The van der Waals surface area contributed by atoms with E-state index >= 15 is 0 Å². The minimum Gasteiger partial charge on any atom is -0.288 e. The zero-order valence-electron chi connectivity index (χ0n) is 9.68. The predicted molar refractivity (Wildman–Crippen MR) is 70.4 cm³/mol. The molecule has 19 heavy (non-hydrogen) atoms. The number of fused-ring (bicyclic) bond motifs is 2. The highest BCUT2D eigenvalue weighted by molar-refractivity contribution is 6.26. The van der Waals surface area contributed by atoms with E-state index in [2.05, 4.69) is 15.4 Å². The van der Waals surface area contributed by atoms with Crippen LogP contribution in [0.5, 0.6) is 0 Å². The summed E-state index contributed by atoms with van der Waals surface area (Å²) in [7, 11) is 0. The number of H-pyrrole nitrogens is 1. The van der Waals surface area contributed by atoms with Crippen molar-refractivity contribution in [1.29, 1.82) is 0 Å². The molecular weight excluding hydrogens is 242 g/mol. The van der Waals surface area contributed by atoms with E-state index in [1.807, 2.05) is 6.07 Å². The van der Waals surface area contributed by atoms with Crippen molar-refractivity contribution in [2.24, 2.45) is 5.18 Å². The van der Waals surface area contributed by atoms with Crippen LogP contribution >= 0.6 is 0 Å². The molecule has 0 unspecified atom stereocenters. The first-order valence-electron chi connectivity index (χ1n) is 5.80. The van der Waals surface area contributed by atoms with Crippen molar-refractivity contribution in [3.8, 4) is 11.3 Å². The molecule has 1 aromatic heterocycles. The zero-order chi connectivity index (χ0) is 13.0. The lowest BCUT2D eigenvalue weighted by molar-refractivity contribution is 0.104. The fourth-order valence-corrected chi connectivity index (χ4v) is 2.64. The largest absolute Gasteiger partial charge is 0.288 e. The topological polar surface area (TPSA) is 75.2 Å². The summed E-state index contributed by atoms with van der Waals surface area (Å²) in [6, 6.07) is 10.4. The quantitative estimate of drug-likeness (QED) is 0.526. The molecule has 0 aliphatic heterocycles. The number of nitrogens with zero attached hydrogens (tertiary/aromatic N) is 2. The van der Waals surface area contributed by atoms with Gasteiger partial charge in [0.25, 0.3) is 0 Å². The van der Waals surface area contributed by atoms with Crippen molar-refractivity contribution in [2.75, 3.05) is 0 Å². The average Bonchev–Trinajstić information content (AvgIpc) is 2.89. The van der Waals surface area contributed by atoms with Crippen LogP contribution in [0.25, 0.3) is 22.2 Å². The summed E-state index contributed by atoms with van der Waals surface area (Å²) in [5.41, 5.74) is 3.23. The first-order valence-corrected chi connectivity index (χ1v) is 5.80. The van der Waals surface area contributed by atoms with Crippen LogP contribution in [0.3, 0.4) is 0 Å². The Morgan fingerprint density at radius 1 is 1.05 bits per heavy atom. The third-order valence-corrected chi connectivity index (χ3v) is 3.46. The van der Waals surface area contributed by atoms with Crippen LogP contribution in [0, 0.1) is 4.91 Å². The predicted octanol–water partition coefficient (Wildman–Crippen LogP) is 3.17. The van der Waals surface area contributed by atoms with Gasteiger partial charge >= 0.3 is 0 Å². The molecular formula is C14H7N3O2. The van der Waals surface area contributed by atoms with E-state index in [4.69, 9.17) is 0 Å². The molecule has 0 saturated carbocycles. The summed E-state index contributed by atoms with van der Waals surface area (Å²) in [6.07, 6.45) is 0. The van der Waals surface area contributed by atoms with Gasteiger partial charge in [-0.05, 0) is 17.3 Å². The van der Waals surface area contributed by atoms with E-state index in [0.29, 0.717) is 22.4 Å². The molecule has 0 bridgehead atoms. The number of rotatable bonds is 1. The Kier molecular flexibility index (Phi) is 1.79. The summed E-state index contributed by atoms with van der Waals surface area (Å²) in [5.74, 6) is -0.176. The van der Waals surface area contributed by atoms with Crippen LogP contribution in [0.15, 0.2) is 41.6 Å². The summed E-state index contributed by atoms with van der Waals surface area (Å²) >= 11 is 0. The molecule has 0 saturated heterocycles. The third-order valence-electron chi connectivity index (χ3n) is 3.46. The number of ketones is 1. The summed E-state index contributed by atoms with van der Waals surface area (Å²) in [6.45, 7) is 0. The zero-order valence-corrected chi connectivity index (χ0v) is 9.68. The number of carbonyl (C=O) groups excluding carboxylic acids is 1. The van der Waals surface area contributed by atoms with Crippen molar-refractivity contribution in [1.82, 2.24) is 10.2 Å². The maximum atomic E-state index is 12.5. The lowest BCUT2D eigenvalue weighted by Gasteiger charge is -2.15. The molecule has 3 aromatic rings. The number of aromatic amines is 1. The van der Waals surface area contributed by atoms with Gasteiger partial charge in [0.2, 0.25) is 0 Å². The van der Waals surface area contributed by atoms with Gasteiger partial charge in [-0.2, -0.15) is 5.10 Å². The van der Waals surface area contributed by atoms with Crippen LogP contribution in [0.1, 0.15) is 15.9 Å². The molecule has 2 aromatic carbocycles. The fourth-order valence-electron chi connectivity index (χ4n) is 2.64. The van der Waals surface area contributed by atoms with Crippen LogP contribution in [-0.2, 0) is 0 Å². The van der Waals surface area contributed by atoms with Crippen LogP contribution < -0.4 is 0 Å². The van der Waals surface area contributed by atoms with E-state index in [9.17, 15) is 9.70 Å². The van der Waals surface area contributed by atoms with Gasteiger partial charge < -0.3 is 0 Å². The second-order valence-electron chi connectivity index (χ2n) is 4.42. The lowest BCUT2D eigenvalue weighted by atomic mass is 9.86. The highest BCUT2D eigenvalue weighted by Gasteiger charge is 2.29. The van der Waals surface area contributed by atoms with Gasteiger partial charge in [0.1, 0.15) is 11.4 Å². The molecule has 5 nitrogen and oxygen atoms in total. The molecule has 1 heterocycles. The number of benzene rings is 2. The Labute approximate surface area is 107 Å². The Morgan fingerprint density at radius 2 is 1.84 bits per heavy atom. The van der Waals surface area contributed by atoms with Crippen molar-refractivity contribution in [3.05, 3.63) is 52.4 Å². The normalized spacial score (nSPS) is 12.5. The van der Waals surface area contributed by atoms with Gasteiger partial charge in [-0.3, -0.25) is 9.89 Å². The monoisotopic (exact) mass is 249 g/mol. The van der Waals surface area contributed by atoms with Crippen LogP contribution in [0.2, 0.25) is 0 Å². The maximum Gasteiger partial charge on any atom is 0.196 e. The molecule has 1 N–H and O–H groups in total.